The van der Waals surface area contributed by atoms with Crippen molar-refractivity contribution in [1.82, 2.24) is 10.2 Å². The molecule has 3 unspecified atom stereocenters. The Kier molecular flexibility index (Phi) is 2.60. The standard InChI is InChI=1S/C10H12N2O5/c1-4(13)11-7(10(16)17)3-12-8(14)5-2-6(5)9(12)15/h5-7H,2-3H2,1H3,(H,11,13)(H,16,17). The first-order valence-corrected chi connectivity index (χ1v) is 5.27. The lowest BCUT2D eigenvalue weighted by Gasteiger charge is -2.21. The SMILES string of the molecule is CC(=O)NC(CN1C(=O)C2CC2C1=O)C(=O)O. The largest absolute Gasteiger partial charge is 0.480 e. The zero-order chi connectivity index (χ0) is 12.7. The molecule has 92 valence electrons. The first-order valence-electron chi connectivity index (χ1n) is 5.27. The summed E-state index contributed by atoms with van der Waals surface area (Å²) in [6.07, 6.45) is 0.575. The monoisotopic (exact) mass is 240 g/mol. The van der Waals surface area contributed by atoms with E-state index in [1.54, 1.807) is 0 Å². The highest BCUT2D eigenvalue weighted by Gasteiger charge is 2.59. The second-order valence-corrected chi connectivity index (χ2v) is 4.33. The van der Waals surface area contributed by atoms with Crippen molar-refractivity contribution in [2.45, 2.75) is 19.4 Å². The fraction of sp³-hybridized carbons (Fsp3) is 0.600. The average molecular weight is 240 g/mol. The average Bonchev–Trinajstić information content (AvgIpc) is 2.96. The van der Waals surface area contributed by atoms with Crippen LogP contribution >= 0.6 is 0 Å². The number of fused-ring (bicyclic) bond motifs is 1. The minimum Gasteiger partial charge on any atom is -0.480 e. The number of carboxylic acids is 1. The number of aliphatic carboxylic acids is 1. The van der Waals surface area contributed by atoms with Gasteiger partial charge in [-0.05, 0) is 6.42 Å². The molecule has 1 saturated carbocycles. The highest BCUT2D eigenvalue weighted by Crippen LogP contribution is 2.46. The molecule has 0 aromatic carbocycles. The second kappa shape index (κ2) is 3.83. The van der Waals surface area contributed by atoms with Crippen LogP contribution in [0.1, 0.15) is 13.3 Å². The van der Waals surface area contributed by atoms with Crippen LogP contribution in [-0.2, 0) is 19.2 Å². The molecule has 1 saturated heterocycles. The smallest absolute Gasteiger partial charge is 0.328 e. The topological polar surface area (TPSA) is 104 Å². The number of rotatable bonds is 4. The number of hydrogen-bond donors (Lipinski definition) is 2. The number of carboxylic acid groups (broad SMARTS) is 1. The summed E-state index contributed by atoms with van der Waals surface area (Å²) in [5.41, 5.74) is 0. The molecule has 0 bridgehead atoms. The molecular weight excluding hydrogens is 228 g/mol. The summed E-state index contributed by atoms with van der Waals surface area (Å²) >= 11 is 0. The Hall–Kier alpha value is -1.92. The Morgan fingerprint density at radius 2 is 1.94 bits per heavy atom. The Labute approximate surface area is 96.8 Å². The fourth-order valence-electron chi connectivity index (χ4n) is 2.04. The molecule has 0 aromatic rings. The van der Waals surface area contributed by atoms with Gasteiger partial charge >= 0.3 is 5.97 Å². The highest BCUT2D eigenvalue weighted by atomic mass is 16.4. The molecule has 1 aliphatic carbocycles. The normalized spacial score (nSPS) is 27.7. The van der Waals surface area contributed by atoms with E-state index in [0.29, 0.717) is 6.42 Å². The minimum atomic E-state index is -1.26. The molecule has 0 radical (unpaired) electrons. The van der Waals surface area contributed by atoms with E-state index < -0.39 is 17.9 Å². The maximum absolute atomic E-state index is 11.6. The number of carbonyl (C=O) groups excluding carboxylic acids is 3. The van der Waals surface area contributed by atoms with Crippen molar-refractivity contribution < 1.29 is 24.3 Å². The third-order valence-electron chi connectivity index (χ3n) is 3.00. The number of hydrogen-bond acceptors (Lipinski definition) is 4. The molecular formula is C10H12N2O5. The molecule has 7 heteroatoms. The molecule has 0 aromatic heterocycles. The lowest BCUT2D eigenvalue weighted by Crippen LogP contribution is -2.50. The first-order chi connectivity index (χ1) is 7.91. The van der Waals surface area contributed by atoms with Crippen molar-refractivity contribution >= 4 is 23.7 Å². The van der Waals surface area contributed by atoms with Gasteiger partial charge in [0.1, 0.15) is 6.04 Å². The molecule has 3 amide bonds. The maximum atomic E-state index is 11.6. The van der Waals surface area contributed by atoms with Crippen LogP contribution in [0.2, 0.25) is 0 Å². The highest BCUT2D eigenvalue weighted by molar-refractivity contribution is 6.09. The van der Waals surface area contributed by atoms with E-state index >= 15 is 0 Å². The Morgan fingerprint density at radius 1 is 1.41 bits per heavy atom. The van der Waals surface area contributed by atoms with Gasteiger partial charge in [0.05, 0.1) is 18.4 Å². The van der Waals surface area contributed by atoms with Gasteiger partial charge in [0.2, 0.25) is 17.7 Å². The zero-order valence-corrected chi connectivity index (χ0v) is 9.17. The first kappa shape index (κ1) is 11.6. The second-order valence-electron chi connectivity index (χ2n) is 4.33. The van der Waals surface area contributed by atoms with Crippen LogP contribution in [0.5, 0.6) is 0 Å². The van der Waals surface area contributed by atoms with Gasteiger partial charge in [-0.1, -0.05) is 0 Å². The number of piperidine rings is 1. The summed E-state index contributed by atoms with van der Waals surface area (Å²) in [7, 11) is 0. The van der Waals surface area contributed by atoms with Crippen molar-refractivity contribution in [3.63, 3.8) is 0 Å². The molecule has 0 spiro atoms. The number of imide groups is 1. The van der Waals surface area contributed by atoms with Gasteiger partial charge in [-0.2, -0.15) is 0 Å². The lowest BCUT2D eigenvalue weighted by molar-refractivity contribution is -0.146. The summed E-state index contributed by atoms with van der Waals surface area (Å²) in [5, 5.41) is 11.1. The third-order valence-corrected chi connectivity index (χ3v) is 3.00. The summed E-state index contributed by atoms with van der Waals surface area (Å²) in [6, 6.07) is -1.24. The van der Waals surface area contributed by atoms with E-state index in [4.69, 9.17) is 5.11 Å². The van der Waals surface area contributed by atoms with Gasteiger partial charge in [-0.15, -0.1) is 0 Å². The van der Waals surface area contributed by atoms with Gasteiger partial charge in [-0.3, -0.25) is 19.3 Å². The van der Waals surface area contributed by atoms with E-state index in [2.05, 4.69) is 5.32 Å². The number of likely N-dealkylation sites (tertiary alicyclic amines) is 1. The molecule has 3 atom stereocenters. The van der Waals surface area contributed by atoms with E-state index in [-0.39, 0.29) is 30.2 Å². The third kappa shape index (κ3) is 2.00. The zero-order valence-electron chi connectivity index (χ0n) is 9.17. The van der Waals surface area contributed by atoms with Crippen LogP contribution in [0.25, 0.3) is 0 Å². The van der Waals surface area contributed by atoms with Crippen LogP contribution < -0.4 is 5.32 Å². The van der Waals surface area contributed by atoms with Gasteiger partial charge in [-0.25, -0.2) is 4.79 Å². The number of nitrogens with one attached hydrogen (secondary N) is 1. The van der Waals surface area contributed by atoms with Crippen molar-refractivity contribution in [2.24, 2.45) is 11.8 Å². The van der Waals surface area contributed by atoms with Gasteiger partial charge in [0.15, 0.2) is 0 Å². The molecule has 2 rings (SSSR count). The van der Waals surface area contributed by atoms with Crippen LogP contribution in [0.4, 0.5) is 0 Å². The van der Waals surface area contributed by atoms with Crippen molar-refractivity contribution in [3.8, 4) is 0 Å². The summed E-state index contributed by atoms with van der Waals surface area (Å²) in [6.45, 7) is 0.890. The molecule has 17 heavy (non-hydrogen) atoms. The Balaban J connectivity index is 2.03. The van der Waals surface area contributed by atoms with Crippen LogP contribution in [0, 0.1) is 11.8 Å². The summed E-state index contributed by atoms with van der Waals surface area (Å²) < 4.78 is 0. The molecule has 2 aliphatic rings. The van der Waals surface area contributed by atoms with Gasteiger partial charge in [0, 0.05) is 6.92 Å². The van der Waals surface area contributed by atoms with E-state index in [0.717, 1.165) is 4.90 Å². The summed E-state index contributed by atoms with van der Waals surface area (Å²) in [5.74, 6) is -2.93. The Morgan fingerprint density at radius 3 is 2.35 bits per heavy atom. The lowest BCUT2D eigenvalue weighted by atomic mass is 10.2. The number of nitrogens with zero attached hydrogens (tertiary/aromatic N) is 1. The predicted molar refractivity (Wildman–Crippen MR) is 53.6 cm³/mol. The maximum Gasteiger partial charge on any atom is 0.328 e. The molecule has 1 aliphatic heterocycles. The van der Waals surface area contributed by atoms with Gasteiger partial charge < -0.3 is 10.4 Å². The predicted octanol–water partition coefficient (Wildman–Crippen LogP) is -1.42. The fourth-order valence-corrected chi connectivity index (χ4v) is 2.04. The van der Waals surface area contributed by atoms with Crippen molar-refractivity contribution in [1.29, 1.82) is 0 Å². The number of amides is 3. The van der Waals surface area contributed by atoms with Crippen LogP contribution in [0.15, 0.2) is 0 Å². The van der Waals surface area contributed by atoms with Crippen LogP contribution in [0.3, 0.4) is 0 Å². The Bertz CT molecular complexity index is 399. The van der Waals surface area contributed by atoms with E-state index in [1.807, 2.05) is 0 Å². The van der Waals surface area contributed by atoms with Crippen LogP contribution in [-0.4, -0.2) is 46.3 Å². The molecule has 2 fully saturated rings. The summed E-state index contributed by atoms with van der Waals surface area (Å²) in [4.78, 5) is 45.8. The van der Waals surface area contributed by atoms with Crippen molar-refractivity contribution in [3.05, 3.63) is 0 Å². The van der Waals surface area contributed by atoms with Gasteiger partial charge in [0.25, 0.3) is 0 Å². The molecule has 2 N–H and O–H groups in total. The van der Waals surface area contributed by atoms with E-state index in [9.17, 15) is 19.2 Å². The molecule has 7 nitrogen and oxygen atoms in total. The molecule has 1 heterocycles. The number of carbonyl (C=O) groups is 4. The minimum absolute atomic E-state index is 0.255. The van der Waals surface area contributed by atoms with Crippen molar-refractivity contribution in [2.75, 3.05) is 6.54 Å². The quantitative estimate of drug-likeness (QED) is 0.587. The van der Waals surface area contributed by atoms with E-state index in [1.165, 1.54) is 6.92 Å².